The predicted molar refractivity (Wildman–Crippen MR) is 114 cm³/mol. The van der Waals surface area contributed by atoms with Crippen molar-refractivity contribution in [3.05, 3.63) is 65.4 Å². The topological polar surface area (TPSA) is 88.1 Å². The zero-order valence-corrected chi connectivity index (χ0v) is 18.1. The van der Waals surface area contributed by atoms with Gasteiger partial charge in [0.25, 0.3) is 0 Å². The van der Waals surface area contributed by atoms with E-state index in [0.717, 1.165) is 17.4 Å². The lowest BCUT2D eigenvalue weighted by Gasteiger charge is -2.09. The SMILES string of the molecule is CCOC(=O)/C(=C\c1ccc(OCCc2ccc(OS(C)(=O)=O)cc2)cc1)OCC. The Hall–Kier alpha value is -3.00. The first kappa shape index (κ1) is 23.3. The number of esters is 1. The molecule has 0 aliphatic rings. The minimum Gasteiger partial charge on any atom is -0.493 e. The third-order valence-corrected chi connectivity index (χ3v) is 4.28. The molecule has 0 radical (unpaired) electrons. The Bertz CT molecular complexity index is 946. The largest absolute Gasteiger partial charge is 0.493 e. The Morgan fingerprint density at radius 3 is 2.07 bits per heavy atom. The molecule has 7 nitrogen and oxygen atoms in total. The first-order valence-electron chi connectivity index (χ1n) is 9.53. The van der Waals surface area contributed by atoms with Crippen LogP contribution in [-0.4, -0.2) is 40.5 Å². The summed E-state index contributed by atoms with van der Waals surface area (Å²) in [5, 5.41) is 0. The minimum atomic E-state index is -3.53. The summed E-state index contributed by atoms with van der Waals surface area (Å²) >= 11 is 0. The van der Waals surface area contributed by atoms with E-state index < -0.39 is 16.1 Å². The molecular weight excluding hydrogens is 408 g/mol. The first-order chi connectivity index (χ1) is 14.3. The Morgan fingerprint density at radius 2 is 1.50 bits per heavy atom. The molecule has 2 aromatic carbocycles. The van der Waals surface area contributed by atoms with E-state index in [0.29, 0.717) is 25.4 Å². The molecule has 2 aromatic rings. The Kier molecular flexibility index (Phi) is 8.73. The highest BCUT2D eigenvalue weighted by molar-refractivity contribution is 7.86. The third-order valence-electron chi connectivity index (χ3n) is 3.78. The van der Waals surface area contributed by atoms with Gasteiger partial charge in [-0.2, -0.15) is 8.42 Å². The molecule has 2 rings (SSSR count). The monoisotopic (exact) mass is 434 g/mol. The molecule has 0 saturated heterocycles. The normalized spacial score (nSPS) is 11.6. The zero-order valence-electron chi connectivity index (χ0n) is 17.3. The van der Waals surface area contributed by atoms with E-state index in [1.54, 1.807) is 44.2 Å². The van der Waals surface area contributed by atoms with Crippen molar-refractivity contribution in [3.8, 4) is 11.5 Å². The molecular formula is C22H26O7S. The lowest BCUT2D eigenvalue weighted by Crippen LogP contribution is -2.10. The molecule has 8 heteroatoms. The van der Waals surface area contributed by atoms with Crippen LogP contribution in [0.5, 0.6) is 11.5 Å². The quantitative estimate of drug-likeness (QED) is 0.231. The number of carbonyl (C=O) groups excluding carboxylic acids is 1. The summed E-state index contributed by atoms with van der Waals surface area (Å²) in [7, 11) is -3.53. The van der Waals surface area contributed by atoms with Gasteiger partial charge in [0.2, 0.25) is 5.76 Å². The Morgan fingerprint density at radius 1 is 0.900 bits per heavy atom. The second-order valence-electron chi connectivity index (χ2n) is 6.26. The summed E-state index contributed by atoms with van der Waals surface area (Å²) in [4.78, 5) is 11.9. The van der Waals surface area contributed by atoms with E-state index in [9.17, 15) is 13.2 Å². The molecule has 0 atom stereocenters. The van der Waals surface area contributed by atoms with Gasteiger partial charge in [-0.05, 0) is 55.3 Å². The van der Waals surface area contributed by atoms with Gasteiger partial charge in [-0.15, -0.1) is 0 Å². The van der Waals surface area contributed by atoms with Crippen LogP contribution < -0.4 is 8.92 Å². The van der Waals surface area contributed by atoms with E-state index in [4.69, 9.17) is 18.4 Å². The molecule has 0 fully saturated rings. The average molecular weight is 435 g/mol. The number of hydrogen-bond donors (Lipinski definition) is 0. The summed E-state index contributed by atoms with van der Waals surface area (Å²) in [6, 6.07) is 14.1. The van der Waals surface area contributed by atoms with Crippen molar-refractivity contribution in [2.75, 3.05) is 26.1 Å². The number of carbonyl (C=O) groups is 1. The molecule has 0 aliphatic heterocycles. The third kappa shape index (κ3) is 8.16. The average Bonchev–Trinajstić information content (AvgIpc) is 2.69. The number of ether oxygens (including phenoxy) is 3. The predicted octanol–water partition coefficient (Wildman–Crippen LogP) is 3.59. The van der Waals surface area contributed by atoms with Gasteiger partial charge in [0.1, 0.15) is 11.5 Å². The maximum absolute atomic E-state index is 11.9. The van der Waals surface area contributed by atoms with E-state index in [2.05, 4.69) is 0 Å². The molecule has 0 aliphatic carbocycles. The first-order valence-corrected chi connectivity index (χ1v) is 11.3. The smallest absolute Gasteiger partial charge is 0.373 e. The summed E-state index contributed by atoms with van der Waals surface area (Å²) in [5.74, 6) is 0.641. The van der Waals surface area contributed by atoms with Gasteiger partial charge in [0.15, 0.2) is 0 Å². The molecule has 0 saturated carbocycles. The van der Waals surface area contributed by atoms with Crippen molar-refractivity contribution in [3.63, 3.8) is 0 Å². The fourth-order valence-electron chi connectivity index (χ4n) is 2.50. The maximum atomic E-state index is 11.9. The molecule has 0 bridgehead atoms. The van der Waals surface area contributed by atoms with Crippen LogP contribution in [-0.2, 0) is 30.8 Å². The standard InChI is InChI=1S/C22H26O7S/c1-4-26-21(22(23)27-5-2)16-18-8-10-19(11-9-18)28-15-14-17-6-12-20(13-7-17)29-30(3,24)25/h6-13,16H,4-5,14-15H2,1-3H3/b21-16+. The van der Waals surface area contributed by atoms with E-state index >= 15 is 0 Å². The molecule has 0 aromatic heterocycles. The van der Waals surface area contributed by atoms with Crippen LogP contribution in [0.2, 0.25) is 0 Å². The van der Waals surface area contributed by atoms with E-state index in [-0.39, 0.29) is 18.1 Å². The highest BCUT2D eigenvalue weighted by atomic mass is 32.2. The fourth-order valence-corrected chi connectivity index (χ4v) is 2.96. The van der Waals surface area contributed by atoms with Crippen molar-refractivity contribution >= 4 is 22.2 Å². The molecule has 0 spiro atoms. The van der Waals surface area contributed by atoms with Gasteiger partial charge in [-0.1, -0.05) is 24.3 Å². The van der Waals surface area contributed by atoms with Gasteiger partial charge >= 0.3 is 16.1 Å². The minimum absolute atomic E-state index is 0.163. The van der Waals surface area contributed by atoms with Crippen LogP contribution >= 0.6 is 0 Å². The van der Waals surface area contributed by atoms with E-state index in [1.165, 1.54) is 0 Å². The van der Waals surface area contributed by atoms with Crippen LogP contribution in [0.15, 0.2) is 54.3 Å². The summed E-state index contributed by atoms with van der Waals surface area (Å²) in [6.45, 7) is 4.65. The van der Waals surface area contributed by atoms with Crippen molar-refractivity contribution in [2.45, 2.75) is 20.3 Å². The maximum Gasteiger partial charge on any atom is 0.373 e. The lowest BCUT2D eigenvalue weighted by molar-refractivity contribution is -0.142. The van der Waals surface area contributed by atoms with Gasteiger partial charge in [-0.3, -0.25) is 0 Å². The van der Waals surface area contributed by atoms with Crippen molar-refractivity contribution in [1.29, 1.82) is 0 Å². The van der Waals surface area contributed by atoms with Crippen LogP contribution in [0.4, 0.5) is 0 Å². The summed E-state index contributed by atoms with van der Waals surface area (Å²) < 4.78 is 43.1. The highest BCUT2D eigenvalue weighted by Crippen LogP contribution is 2.17. The number of rotatable bonds is 11. The second kappa shape index (κ2) is 11.3. The van der Waals surface area contributed by atoms with Gasteiger partial charge in [0.05, 0.1) is 26.1 Å². The van der Waals surface area contributed by atoms with Crippen molar-refractivity contribution < 1.29 is 31.6 Å². The van der Waals surface area contributed by atoms with Crippen molar-refractivity contribution in [2.24, 2.45) is 0 Å². The van der Waals surface area contributed by atoms with Gasteiger partial charge < -0.3 is 18.4 Å². The molecule has 162 valence electrons. The van der Waals surface area contributed by atoms with Gasteiger partial charge in [0, 0.05) is 6.42 Å². The zero-order chi connectivity index (χ0) is 22.0. The second-order valence-corrected chi connectivity index (χ2v) is 7.84. The fraction of sp³-hybridized carbons (Fsp3) is 0.318. The van der Waals surface area contributed by atoms with E-state index in [1.807, 2.05) is 24.3 Å². The highest BCUT2D eigenvalue weighted by Gasteiger charge is 2.11. The molecule has 30 heavy (non-hydrogen) atoms. The van der Waals surface area contributed by atoms with Gasteiger partial charge in [-0.25, -0.2) is 4.79 Å². The molecule has 0 heterocycles. The summed E-state index contributed by atoms with van der Waals surface area (Å²) in [6.07, 6.45) is 3.29. The molecule has 0 N–H and O–H groups in total. The number of benzene rings is 2. The van der Waals surface area contributed by atoms with Crippen molar-refractivity contribution in [1.82, 2.24) is 0 Å². The van der Waals surface area contributed by atoms with Crippen LogP contribution in [0.3, 0.4) is 0 Å². The molecule has 0 unspecified atom stereocenters. The van der Waals surface area contributed by atoms with Crippen LogP contribution in [0.25, 0.3) is 6.08 Å². The van der Waals surface area contributed by atoms with Crippen LogP contribution in [0.1, 0.15) is 25.0 Å². The molecule has 0 amide bonds. The summed E-state index contributed by atoms with van der Waals surface area (Å²) in [5.41, 5.74) is 1.78. The Balaban J connectivity index is 1.90. The number of hydrogen-bond acceptors (Lipinski definition) is 7. The lowest BCUT2D eigenvalue weighted by atomic mass is 10.1. The Labute approximate surface area is 177 Å². The van der Waals surface area contributed by atoms with Crippen LogP contribution in [0, 0.1) is 0 Å².